The molecule has 0 bridgehead atoms. The predicted molar refractivity (Wildman–Crippen MR) is 77.9 cm³/mol. The maximum Gasteiger partial charge on any atom is -0.0152 e. The Bertz CT molecular complexity index is 435. The van der Waals surface area contributed by atoms with Gasteiger partial charge in [0.2, 0.25) is 0 Å². The van der Waals surface area contributed by atoms with Crippen molar-refractivity contribution in [3.63, 3.8) is 0 Å². The molecule has 0 aliphatic carbocycles. The second kappa shape index (κ2) is 6.24. The molecule has 0 amide bonds. The SMILES string of the molecule is C=C/C=C(\C(=C)C(C)CC)c1ccccc1C. The van der Waals surface area contributed by atoms with Crippen LogP contribution >= 0.6 is 0 Å². The summed E-state index contributed by atoms with van der Waals surface area (Å²) in [5.41, 5.74) is 4.96. The molecule has 0 nitrogen and oxygen atoms in total. The van der Waals surface area contributed by atoms with Crippen molar-refractivity contribution >= 4 is 5.57 Å². The van der Waals surface area contributed by atoms with Gasteiger partial charge in [-0.1, -0.05) is 63.4 Å². The fraction of sp³-hybridized carbons (Fsp3) is 0.294. The standard InChI is InChI=1S/C17H22/c1-6-10-17(15(5)13(3)7-2)16-12-9-8-11-14(16)4/h6,8-13H,1,5,7H2,2-4H3/b17-10+. The van der Waals surface area contributed by atoms with Gasteiger partial charge in [-0.05, 0) is 41.5 Å². The van der Waals surface area contributed by atoms with Gasteiger partial charge in [0.05, 0.1) is 0 Å². The van der Waals surface area contributed by atoms with Crippen LogP contribution in [0.3, 0.4) is 0 Å². The van der Waals surface area contributed by atoms with Crippen molar-refractivity contribution in [2.24, 2.45) is 5.92 Å². The molecule has 0 radical (unpaired) electrons. The fourth-order valence-corrected chi connectivity index (χ4v) is 1.87. The van der Waals surface area contributed by atoms with E-state index >= 15 is 0 Å². The van der Waals surface area contributed by atoms with Crippen LogP contribution in [0, 0.1) is 12.8 Å². The molecule has 0 aliphatic rings. The molecule has 1 atom stereocenters. The van der Waals surface area contributed by atoms with Gasteiger partial charge in [-0.15, -0.1) is 0 Å². The van der Waals surface area contributed by atoms with E-state index in [4.69, 9.17) is 0 Å². The zero-order valence-electron chi connectivity index (χ0n) is 11.2. The van der Waals surface area contributed by atoms with Crippen molar-refractivity contribution in [1.82, 2.24) is 0 Å². The molecule has 0 heteroatoms. The zero-order valence-corrected chi connectivity index (χ0v) is 11.2. The van der Waals surface area contributed by atoms with Crippen LogP contribution < -0.4 is 0 Å². The highest BCUT2D eigenvalue weighted by molar-refractivity contribution is 5.81. The van der Waals surface area contributed by atoms with Crippen LogP contribution in [0.5, 0.6) is 0 Å². The maximum absolute atomic E-state index is 4.25. The molecule has 17 heavy (non-hydrogen) atoms. The highest BCUT2D eigenvalue weighted by atomic mass is 14.2. The first-order valence-corrected chi connectivity index (χ1v) is 6.19. The normalized spacial score (nSPS) is 13.2. The number of allylic oxidation sites excluding steroid dienone is 4. The summed E-state index contributed by atoms with van der Waals surface area (Å²) in [6, 6.07) is 8.42. The van der Waals surface area contributed by atoms with Crippen LogP contribution in [0.1, 0.15) is 31.4 Å². The monoisotopic (exact) mass is 226 g/mol. The molecule has 0 saturated heterocycles. The van der Waals surface area contributed by atoms with Crippen LogP contribution in [-0.2, 0) is 0 Å². The van der Waals surface area contributed by atoms with Crippen molar-refractivity contribution in [1.29, 1.82) is 0 Å². The first kappa shape index (κ1) is 13.5. The molecule has 1 aromatic rings. The van der Waals surface area contributed by atoms with E-state index in [2.05, 4.69) is 64.3 Å². The van der Waals surface area contributed by atoms with E-state index in [0.717, 1.165) is 6.42 Å². The average molecular weight is 226 g/mol. The van der Waals surface area contributed by atoms with Crippen molar-refractivity contribution in [3.05, 3.63) is 66.3 Å². The van der Waals surface area contributed by atoms with E-state index in [1.165, 1.54) is 22.3 Å². The summed E-state index contributed by atoms with van der Waals surface area (Å²) in [6.07, 6.45) is 5.02. The second-order valence-corrected chi connectivity index (χ2v) is 4.47. The number of hydrogen-bond donors (Lipinski definition) is 0. The summed E-state index contributed by atoms with van der Waals surface area (Å²) in [4.78, 5) is 0. The third kappa shape index (κ3) is 3.20. The van der Waals surface area contributed by atoms with E-state index in [1.54, 1.807) is 0 Å². The molecule has 1 unspecified atom stereocenters. The molecule has 90 valence electrons. The van der Waals surface area contributed by atoms with Crippen LogP contribution in [0.2, 0.25) is 0 Å². The Balaban J connectivity index is 3.20. The minimum absolute atomic E-state index is 0.501. The van der Waals surface area contributed by atoms with Gasteiger partial charge in [-0.3, -0.25) is 0 Å². The average Bonchev–Trinajstić information content (AvgIpc) is 2.35. The van der Waals surface area contributed by atoms with Gasteiger partial charge in [0.15, 0.2) is 0 Å². The molecule has 0 saturated carbocycles. The Kier molecular flexibility index (Phi) is 4.96. The van der Waals surface area contributed by atoms with Gasteiger partial charge in [0.1, 0.15) is 0 Å². The van der Waals surface area contributed by atoms with E-state index in [0.29, 0.717) is 5.92 Å². The van der Waals surface area contributed by atoms with E-state index < -0.39 is 0 Å². The van der Waals surface area contributed by atoms with Crippen molar-refractivity contribution in [2.45, 2.75) is 27.2 Å². The summed E-state index contributed by atoms with van der Waals surface area (Å²) < 4.78 is 0. The van der Waals surface area contributed by atoms with Gasteiger partial charge in [0.25, 0.3) is 0 Å². The van der Waals surface area contributed by atoms with Crippen LogP contribution in [0.15, 0.2) is 55.1 Å². The topological polar surface area (TPSA) is 0 Å². The van der Waals surface area contributed by atoms with Crippen LogP contribution in [0.25, 0.3) is 5.57 Å². The second-order valence-electron chi connectivity index (χ2n) is 4.47. The third-order valence-electron chi connectivity index (χ3n) is 3.27. The van der Waals surface area contributed by atoms with E-state index in [-0.39, 0.29) is 0 Å². The molecule has 0 aliphatic heterocycles. The molecule has 0 spiro atoms. The molecule has 0 N–H and O–H groups in total. The molecule has 1 aromatic carbocycles. The lowest BCUT2D eigenvalue weighted by molar-refractivity contribution is 0.676. The summed E-state index contributed by atoms with van der Waals surface area (Å²) in [5, 5.41) is 0. The van der Waals surface area contributed by atoms with E-state index in [9.17, 15) is 0 Å². The largest absolute Gasteiger partial charge is 0.0990 e. The fourth-order valence-electron chi connectivity index (χ4n) is 1.87. The van der Waals surface area contributed by atoms with Gasteiger partial charge < -0.3 is 0 Å². The summed E-state index contributed by atoms with van der Waals surface area (Å²) >= 11 is 0. The summed E-state index contributed by atoms with van der Waals surface area (Å²) in [7, 11) is 0. The van der Waals surface area contributed by atoms with Crippen molar-refractivity contribution in [3.8, 4) is 0 Å². The Morgan fingerprint density at radius 3 is 2.53 bits per heavy atom. The Morgan fingerprint density at radius 1 is 1.35 bits per heavy atom. The molecule has 1 rings (SSSR count). The van der Waals surface area contributed by atoms with Crippen LogP contribution in [0.4, 0.5) is 0 Å². The van der Waals surface area contributed by atoms with Gasteiger partial charge in [-0.2, -0.15) is 0 Å². The molecular weight excluding hydrogens is 204 g/mol. The summed E-state index contributed by atoms with van der Waals surface area (Å²) in [5.74, 6) is 0.501. The minimum Gasteiger partial charge on any atom is -0.0990 e. The first-order valence-electron chi connectivity index (χ1n) is 6.19. The number of aryl methyl sites for hydroxylation is 1. The number of rotatable bonds is 5. The van der Waals surface area contributed by atoms with Crippen molar-refractivity contribution in [2.75, 3.05) is 0 Å². The van der Waals surface area contributed by atoms with Crippen molar-refractivity contribution < 1.29 is 0 Å². The Hall–Kier alpha value is -1.56. The molecule has 0 heterocycles. The lowest BCUT2D eigenvalue weighted by Gasteiger charge is -2.18. The highest BCUT2D eigenvalue weighted by Crippen LogP contribution is 2.30. The Morgan fingerprint density at radius 2 is 2.00 bits per heavy atom. The van der Waals surface area contributed by atoms with E-state index in [1.807, 2.05) is 6.08 Å². The summed E-state index contributed by atoms with van der Waals surface area (Å²) in [6.45, 7) is 14.6. The smallest absolute Gasteiger partial charge is 0.0152 e. The maximum atomic E-state index is 4.25. The van der Waals surface area contributed by atoms with Gasteiger partial charge in [-0.25, -0.2) is 0 Å². The molecule has 0 fully saturated rings. The molecule has 0 aromatic heterocycles. The lowest BCUT2D eigenvalue weighted by atomic mass is 9.87. The zero-order chi connectivity index (χ0) is 12.8. The lowest BCUT2D eigenvalue weighted by Crippen LogP contribution is -2.00. The first-order chi connectivity index (χ1) is 8.11. The highest BCUT2D eigenvalue weighted by Gasteiger charge is 2.12. The quantitative estimate of drug-likeness (QED) is 0.608. The van der Waals surface area contributed by atoms with Crippen LogP contribution in [-0.4, -0.2) is 0 Å². The van der Waals surface area contributed by atoms with Gasteiger partial charge in [0, 0.05) is 0 Å². The van der Waals surface area contributed by atoms with Gasteiger partial charge >= 0.3 is 0 Å². The minimum atomic E-state index is 0.501. The predicted octanol–water partition coefficient (Wildman–Crippen LogP) is 5.17. The number of hydrogen-bond acceptors (Lipinski definition) is 0. The molecular formula is C17H22. The third-order valence-corrected chi connectivity index (χ3v) is 3.27. The number of benzene rings is 1. The Labute approximate surface area is 105 Å².